The van der Waals surface area contributed by atoms with Crippen molar-refractivity contribution in [3.8, 4) is 0 Å². The molecular formula is C62H84F2N10O12S2. The van der Waals surface area contributed by atoms with Crippen LogP contribution in [0.25, 0.3) is 11.0 Å². The molecule has 4 aromatic carbocycles. The molecule has 4 amide bonds. The molecule has 2 saturated carbocycles. The van der Waals surface area contributed by atoms with Crippen LogP contribution in [-0.2, 0) is 43.9 Å². The van der Waals surface area contributed by atoms with E-state index in [9.17, 15) is 49.6 Å². The van der Waals surface area contributed by atoms with E-state index in [2.05, 4.69) is 30.0 Å². The minimum absolute atomic E-state index is 0.0700. The van der Waals surface area contributed by atoms with Crippen molar-refractivity contribution in [2.75, 3.05) is 24.6 Å². The number of likely N-dealkylation sites (tertiary alicyclic amines) is 2. The summed E-state index contributed by atoms with van der Waals surface area (Å²) >= 11 is 0. The number of sulfonamides is 2. The molecule has 1 aromatic heterocycles. The van der Waals surface area contributed by atoms with Crippen LogP contribution in [0.5, 0.6) is 0 Å². The van der Waals surface area contributed by atoms with Crippen molar-refractivity contribution >= 4 is 72.4 Å². The van der Waals surface area contributed by atoms with E-state index >= 15 is 0 Å². The molecule has 2 saturated heterocycles. The zero-order valence-corrected chi connectivity index (χ0v) is 52.7. The van der Waals surface area contributed by atoms with Crippen LogP contribution < -0.4 is 31.5 Å². The Bertz CT molecular complexity index is 3490. The first kappa shape index (κ1) is 68.1. The number of aliphatic carboxylic acids is 1. The first-order chi connectivity index (χ1) is 41.2. The normalized spacial score (nSPS) is 21.4. The van der Waals surface area contributed by atoms with Crippen LogP contribution in [0.1, 0.15) is 168 Å². The minimum Gasteiger partial charge on any atom is -0.480 e. The number of aromatic amines is 1. The zero-order chi connectivity index (χ0) is 64.5. The highest BCUT2D eigenvalue weighted by Gasteiger charge is 2.38. The first-order valence-electron chi connectivity index (χ1n) is 29.8. The number of hydrogen-bond acceptors (Lipinski definition) is 14. The topological polar surface area (TPSA) is 328 Å². The lowest BCUT2D eigenvalue weighted by Crippen LogP contribution is -2.43. The van der Waals surface area contributed by atoms with Crippen LogP contribution in [0.2, 0.25) is 0 Å². The highest BCUT2D eigenvalue weighted by Crippen LogP contribution is 2.35. The highest BCUT2D eigenvalue weighted by molar-refractivity contribution is 7.89. The number of nitrogens with zero attached hydrogens (tertiary/aromatic N) is 3. The van der Waals surface area contributed by atoms with Crippen LogP contribution in [-0.4, -0.2) is 114 Å². The highest BCUT2D eigenvalue weighted by atomic mass is 32.2. The molecule has 3 heterocycles. The maximum atomic E-state index is 13.3. The Hall–Kier alpha value is -7.42. The van der Waals surface area contributed by atoms with E-state index in [-0.39, 0.29) is 81.0 Å². The fourth-order valence-corrected chi connectivity index (χ4v) is 13.7. The van der Waals surface area contributed by atoms with Gasteiger partial charge in [0.2, 0.25) is 31.9 Å². The van der Waals surface area contributed by atoms with E-state index in [0.717, 1.165) is 30.4 Å². The van der Waals surface area contributed by atoms with Crippen molar-refractivity contribution in [1.82, 2.24) is 39.8 Å². The smallest absolute Gasteiger partial charge is 0.411 e. The monoisotopic (exact) mass is 1260 g/mol. The number of fused-ring (bicyclic) bond motifs is 1. The molecule has 4 aliphatic rings. The number of nitrogens with one attached hydrogen (secondary N) is 5. The van der Waals surface area contributed by atoms with Gasteiger partial charge in [0, 0.05) is 37.0 Å². The number of carbonyl (C=O) groups is 5. The molecule has 2 aliphatic heterocycles. The quantitative estimate of drug-likeness (QED) is 0.0480. The summed E-state index contributed by atoms with van der Waals surface area (Å²) in [5, 5.41) is 14.8. The third-order valence-electron chi connectivity index (χ3n) is 15.8. The van der Waals surface area contributed by atoms with Gasteiger partial charge in [0.1, 0.15) is 34.7 Å². The van der Waals surface area contributed by atoms with E-state index in [0.29, 0.717) is 93.4 Å². The van der Waals surface area contributed by atoms with Gasteiger partial charge in [-0.2, -0.15) is 0 Å². The van der Waals surface area contributed by atoms with Crippen molar-refractivity contribution in [1.29, 1.82) is 0 Å². The number of imidazole rings is 1. The Morgan fingerprint density at radius 1 is 0.602 bits per heavy atom. The molecular weight excluding hydrogens is 1180 g/mol. The SMILES string of the molecule is CC(C)(C)OC(=O)N1CCC[C@H]1C(=O)O.C[C@@H](NC(=O)C1CCC(NS(=O)(=O)c2ccc(N)c(N)c2)CC1)c1ccc(F)cc1.C[C@@H](NC(=O)C1CCC(NS(=O)(=O)c2ccc3nc([C@@H]4CCCN4C(=O)OC(C)(C)C)[nH]c3c2)CC1)c1ccc(F)cc1. The predicted octanol–water partition coefficient (Wildman–Crippen LogP) is 9.66. The third-order valence-corrected chi connectivity index (χ3v) is 18.8. The summed E-state index contributed by atoms with van der Waals surface area (Å²) in [5.74, 6) is -1.54. The number of ether oxygens (including phenoxy) is 2. The number of aromatic nitrogens is 2. The fourth-order valence-electron chi connectivity index (χ4n) is 11.1. The van der Waals surface area contributed by atoms with Gasteiger partial charge < -0.3 is 41.7 Å². The number of carboxylic acids is 1. The molecule has 2 aliphatic carbocycles. The van der Waals surface area contributed by atoms with Crippen molar-refractivity contribution < 1.29 is 64.2 Å². The van der Waals surface area contributed by atoms with Crippen LogP contribution in [0, 0.1) is 23.5 Å². The summed E-state index contributed by atoms with van der Waals surface area (Å²) < 4.78 is 94.3. The summed E-state index contributed by atoms with van der Waals surface area (Å²) in [4.78, 5) is 71.7. The molecule has 480 valence electrons. The lowest BCUT2D eigenvalue weighted by molar-refractivity contribution is -0.142. The van der Waals surface area contributed by atoms with E-state index in [1.807, 2.05) is 34.6 Å². The summed E-state index contributed by atoms with van der Waals surface area (Å²) in [5.41, 5.74) is 13.6. The van der Waals surface area contributed by atoms with Gasteiger partial charge in [-0.05, 0) is 204 Å². The average Bonchev–Trinajstić information content (AvgIpc) is 2.78. The molecule has 0 unspecified atom stereocenters. The van der Waals surface area contributed by atoms with Gasteiger partial charge in [0.15, 0.2) is 0 Å². The number of amides is 4. The first-order valence-corrected chi connectivity index (χ1v) is 32.8. The summed E-state index contributed by atoms with van der Waals surface area (Å²) in [6.45, 7) is 15.5. The van der Waals surface area contributed by atoms with Gasteiger partial charge in [-0.15, -0.1) is 0 Å². The van der Waals surface area contributed by atoms with Crippen molar-refractivity contribution in [2.45, 2.75) is 190 Å². The Balaban J connectivity index is 0.000000212. The van der Waals surface area contributed by atoms with Crippen molar-refractivity contribution in [3.63, 3.8) is 0 Å². The largest absolute Gasteiger partial charge is 0.480 e. The molecule has 10 N–H and O–H groups in total. The molecule has 4 atom stereocenters. The lowest BCUT2D eigenvalue weighted by Gasteiger charge is -2.29. The number of H-pyrrole nitrogens is 1. The molecule has 22 nitrogen and oxygen atoms in total. The molecule has 9 rings (SSSR count). The van der Waals surface area contributed by atoms with Gasteiger partial charge in [-0.1, -0.05) is 24.3 Å². The number of benzene rings is 4. The number of hydrogen-bond donors (Lipinski definition) is 8. The Morgan fingerprint density at radius 3 is 1.49 bits per heavy atom. The maximum absolute atomic E-state index is 13.3. The van der Waals surface area contributed by atoms with E-state index in [1.54, 1.807) is 62.1 Å². The van der Waals surface area contributed by atoms with Gasteiger partial charge in [0.05, 0.1) is 50.3 Å². The summed E-state index contributed by atoms with van der Waals surface area (Å²) in [7, 11) is -7.53. The third kappa shape index (κ3) is 18.8. The molecule has 5 aromatic rings. The zero-order valence-electron chi connectivity index (χ0n) is 51.1. The number of anilines is 2. The molecule has 0 bridgehead atoms. The van der Waals surface area contributed by atoms with Crippen LogP contribution in [0.3, 0.4) is 0 Å². The Labute approximate surface area is 513 Å². The van der Waals surface area contributed by atoms with Gasteiger partial charge in [0.25, 0.3) is 0 Å². The Morgan fingerprint density at radius 2 is 1.03 bits per heavy atom. The molecule has 0 radical (unpaired) electrons. The number of halogens is 2. The second-order valence-electron chi connectivity index (χ2n) is 25.0. The van der Waals surface area contributed by atoms with Gasteiger partial charge in [-0.3, -0.25) is 19.4 Å². The Kier molecular flexibility index (Phi) is 22.3. The molecule has 4 fully saturated rings. The molecule has 88 heavy (non-hydrogen) atoms. The van der Waals surface area contributed by atoms with Crippen molar-refractivity contribution in [2.24, 2.45) is 11.8 Å². The fraction of sp³-hybridized carbons (Fsp3) is 0.516. The van der Waals surface area contributed by atoms with Gasteiger partial charge >= 0.3 is 18.2 Å². The summed E-state index contributed by atoms with van der Waals surface area (Å²) in [6, 6.07) is 19.1. The number of nitrogens with two attached hydrogens (primary N) is 2. The van der Waals surface area contributed by atoms with Crippen LogP contribution >= 0.6 is 0 Å². The van der Waals surface area contributed by atoms with Crippen molar-refractivity contribution in [3.05, 3.63) is 114 Å². The summed E-state index contributed by atoms with van der Waals surface area (Å²) in [6.07, 6.45) is 6.36. The second-order valence-corrected chi connectivity index (χ2v) is 28.4. The van der Waals surface area contributed by atoms with Crippen LogP contribution in [0.15, 0.2) is 94.7 Å². The number of carboxylic acid groups (broad SMARTS) is 1. The average molecular weight is 1260 g/mol. The molecule has 0 spiro atoms. The standard InChI is InChI=1S/C31H40FN5O5S.C21H27FN4O3S.C10H17NO4/c1-19(20-7-11-22(32)12-8-20)33-29(38)21-9-13-23(14-10-21)36-43(40,41)24-15-16-25-26(18-24)35-28(34-25)27-6-5-17-37(27)30(39)42-31(2,3)4;1-13(14-2-6-16(22)7-3-14)25-21(27)15-4-8-17(9-5-15)26-30(28,29)18-10-11-19(23)20(24)12-18;1-10(2,3)15-9(14)11-6-4-5-7(11)8(12)13/h7-8,11-12,15-16,18-19,21,23,27,36H,5-6,9-10,13-14,17H2,1-4H3,(H,33,38)(H,34,35);2-3,6-7,10-13,15,17,26H,4-5,8-9,23-24H2,1H3,(H,25,27);7H,4-6H2,1-3H3,(H,12,13)/t19-,21?,23?,27+;13-,15?,17?;7-/m110/s1. The maximum Gasteiger partial charge on any atom is 0.411 e. The van der Waals surface area contributed by atoms with Gasteiger partial charge in [-0.25, -0.2) is 54.4 Å². The number of rotatable bonds is 14. The van der Waals surface area contributed by atoms with E-state index in [1.165, 1.54) is 53.4 Å². The number of nitrogen functional groups attached to an aromatic ring is 2. The lowest BCUT2D eigenvalue weighted by atomic mass is 9.85. The van der Waals surface area contributed by atoms with E-state index < -0.39 is 55.4 Å². The minimum atomic E-state index is -3.82. The van der Waals surface area contributed by atoms with E-state index in [4.69, 9.17) is 26.0 Å². The molecule has 26 heteroatoms. The van der Waals surface area contributed by atoms with Crippen LogP contribution in [0.4, 0.5) is 29.7 Å². The second kappa shape index (κ2) is 28.8. The predicted molar refractivity (Wildman–Crippen MR) is 328 cm³/mol. The number of carbonyl (C=O) groups excluding carboxylic acids is 4.